The summed E-state index contributed by atoms with van der Waals surface area (Å²) in [5, 5.41) is 4.25. The largest absolute Gasteiger partial charge is 0.489 e. The quantitative estimate of drug-likeness (QED) is 0.790. The van der Waals surface area contributed by atoms with E-state index in [1.807, 2.05) is 13.1 Å². The minimum atomic E-state index is 0.455. The van der Waals surface area contributed by atoms with Gasteiger partial charge in [-0.1, -0.05) is 51.3 Å². The Morgan fingerprint density at radius 3 is 2.40 bits per heavy atom. The average molecular weight is 375 g/mol. The first-order chi connectivity index (χ1) is 9.58. The first-order valence-electron chi connectivity index (χ1n) is 6.09. The lowest BCUT2D eigenvalue weighted by Gasteiger charge is -2.10. The molecule has 5 heteroatoms. The van der Waals surface area contributed by atoms with Crippen LogP contribution in [0.25, 0.3) is 0 Å². The van der Waals surface area contributed by atoms with Gasteiger partial charge in [-0.25, -0.2) is 0 Å². The van der Waals surface area contributed by atoms with E-state index in [2.05, 4.69) is 33.4 Å². The molecule has 2 aromatic rings. The lowest BCUT2D eigenvalue weighted by molar-refractivity contribution is 0.305. The number of ether oxygens (including phenoxy) is 1. The molecule has 0 amide bonds. The van der Waals surface area contributed by atoms with Crippen LogP contribution in [0.4, 0.5) is 0 Å². The third-order valence-corrected chi connectivity index (χ3v) is 3.90. The second-order valence-electron chi connectivity index (χ2n) is 4.35. The van der Waals surface area contributed by atoms with Crippen LogP contribution in [0.15, 0.2) is 40.9 Å². The molecule has 20 heavy (non-hydrogen) atoms. The lowest BCUT2D eigenvalue weighted by Crippen LogP contribution is -2.05. The van der Waals surface area contributed by atoms with Crippen molar-refractivity contribution >= 4 is 39.1 Å². The fraction of sp³-hybridized carbons (Fsp3) is 0.200. The van der Waals surface area contributed by atoms with Gasteiger partial charge in [0.1, 0.15) is 12.4 Å². The number of hydrogen-bond acceptors (Lipinski definition) is 2. The maximum atomic E-state index is 5.94. The van der Waals surface area contributed by atoms with E-state index in [0.717, 1.165) is 16.6 Å². The molecule has 2 nitrogen and oxygen atoms in total. The molecule has 0 heterocycles. The molecule has 2 rings (SSSR count). The molecule has 0 bridgehead atoms. The van der Waals surface area contributed by atoms with Gasteiger partial charge < -0.3 is 10.1 Å². The van der Waals surface area contributed by atoms with Crippen LogP contribution in [0, 0.1) is 0 Å². The van der Waals surface area contributed by atoms with Crippen molar-refractivity contribution in [3.63, 3.8) is 0 Å². The van der Waals surface area contributed by atoms with Gasteiger partial charge >= 0.3 is 0 Å². The number of nitrogens with one attached hydrogen (secondary N) is 1. The van der Waals surface area contributed by atoms with Crippen molar-refractivity contribution in [3.8, 4) is 5.75 Å². The first-order valence-corrected chi connectivity index (χ1v) is 7.64. The van der Waals surface area contributed by atoms with Crippen molar-refractivity contribution in [1.82, 2.24) is 5.32 Å². The molecule has 106 valence electrons. The molecular weight excluding hydrogens is 361 g/mol. The molecule has 1 N–H and O–H groups in total. The Kier molecular flexibility index (Phi) is 5.73. The van der Waals surface area contributed by atoms with Crippen molar-refractivity contribution in [2.75, 3.05) is 7.05 Å². The minimum Gasteiger partial charge on any atom is -0.489 e. The fourth-order valence-electron chi connectivity index (χ4n) is 1.79. The highest BCUT2D eigenvalue weighted by atomic mass is 79.9. The molecule has 0 saturated heterocycles. The fourth-order valence-corrected chi connectivity index (χ4v) is 2.84. The van der Waals surface area contributed by atoms with Gasteiger partial charge in [0.15, 0.2) is 0 Å². The van der Waals surface area contributed by atoms with Crippen LogP contribution in [0.5, 0.6) is 5.75 Å². The standard InChI is InChI=1S/C15H14BrCl2NO/c1-19-8-10-2-3-11(15(16)4-10)9-20-14-6-12(17)5-13(18)7-14/h2-7,19H,8-9H2,1H3. The average Bonchev–Trinajstić information content (AvgIpc) is 2.37. The number of hydrogen-bond donors (Lipinski definition) is 1. The highest BCUT2D eigenvalue weighted by Gasteiger charge is 2.04. The molecule has 2 aromatic carbocycles. The second kappa shape index (κ2) is 7.32. The van der Waals surface area contributed by atoms with Crippen LogP contribution in [-0.2, 0) is 13.2 Å². The zero-order valence-electron chi connectivity index (χ0n) is 10.9. The van der Waals surface area contributed by atoms with E-state index >= 15 is 0 Å². The van der Waals surface area contributed by atoms with Gasteiger partial charge in [-0.15, -0.1) is 0 Å². The Morgan fingerprint density at radius 2 is 1.80 bits per heavy atom. The summed E-state index contributed by atoms with van der Waals surface area (Å²) in [7, 11) is 1.92. The normalized spacial score (nSPS) is 10.6. The summed E-state index contributed by atoms with van der Waals surface area (Å²) in [5.41, 5.74) is 2.29. The van der Waals surface area contributed by atoms with E-state index < -0.39 is 0 Å². The maximum Gasteiger partial charge on any atom is 0.122 e. The summed E-state index contributed by atoms with van der Waals surface area (Å²) in [6.07, 6.45) is 0. The van der Waals surface area contributed by atoms with Crippen LogP contribution >= 0.6 is 39.1 Å². The molecule has 0 fully saturated rings. The molecule has 0 atom stereocenters. The molecule has 0 aromatic heterocycles. The predicted octanol–water partition coefficient (Wildman–Crippen LogP) is 5.05. The van der Waals surface area contributed by atoms with Crippen LogP contribution < -0.4 is 10.1 Å². The van der Waals surface area contributed by atoms with Crippen LogP contribution in [-0.4, -0.2) is 7.05 Å². The lowest BCUT2D eigenvalue weighted by atomic mass is 10.1. The van der Waals surface area contributed by atoms with Crippen molar-refractivity contribution < 1.29 is 4.74 Å². The zero-order chi connectivity index (χ0) is 14.5. The van der Waals surface area contributed by atoms with Gasteiger partial charge in [0, 0.05) is 26.6 Å². The summed E-state index contributed by atoms with van der Waals surface area (Å²) in [5.74, 6) is 0.661. The summed E-state index contributed by atoms with van der Waals surface area (Å²) in [6.45, 7) is 1.29. The van der Waals surface area contributed by atoms with Gasteiger partial charge in [-0.2, -0.15) is 0 Å². The number of rotatable bonds is 5. The summed E-state index contributed by atoms with van der Waals surface area (Å²) in [4.78, 5) is 0. The molecule has 0 unspecified atom stereocenters. The van der Waals surface area contributed by atoms with Crippen molar-refractivity contribution in [1.29, 1.82) is 0 Å². The smallest absolute Gasteiger partial charge is 0.122 e. The molecule has 0 aliphatic rings. The summed E-state index contributed by atoms with van der Waals surface area (Å²) < 4.78 is 6.75. The van der Waals surface area contributed by atoms with Gasteiger partial charge in [-0.05, 0) is 36.9 Å². The van der Waals surface area contributed by atoms with Crippen molar-refractivity contribution in [3.05, 3.63) is 62.0 Å². The number of benzene rings is 2. The van der Waals surface area contributed by atoms with Gasteiger partial charge in [-0.3, -0.25) is 0 Å². The maximum absolute atomic E-state index is 5.94. The number of halogens is 3. The highest BCUT2D eigenvalue weighted by Crippen LogP contribution is 2.26. The van der Waals surface area contributed by atoms with Crippen LogP contribution in [0.3, 0.4) is 0 Å². The predicted molar refractivity (Wildman–Crippen MR) is 87.7 cm³/mol. The van der Waals surface area contributed by atoms with Crippen LogP contribution in [0.2, 0.25) is 10.0 Å². The van der Waals surface area contributed by atoms with Gasteiger partial charge in [0.2, 0.25) is 0 Å². The Bertz CT molecular complexity index is 584. The topological polar surface area (TPSA) is 21.3 Å². The third-order valence-electron chi connectivity index (χ3n) is 2.73. The Balaban J connectivity index is 2.06. The first kappa shape index (κ1) is 15.6. The van der Waals surface area contributed by atoms with Crippen molar-refractivity contribution in [2.24, 2.45) is 0 Å². The minimum absolute atomic E-state index is 0.455. The van der Waals surface area contributed by atoms with E-state index in [1.165, 1.54) is 5.56 Å². The summed E-state index contributed by atoms with van der Waals surface area (Å²) >= 11 is 15.4. The van der Waals surface area contributed by atoms with E-state index in [-0.39, 0.29) is 0 Å². The third kappa shape index (κ3) is 4.38. The molecule has 0 radical (unpaired) electrons. The van der Waals surface area contributed by atoms with Crippen LogP contribution in [0.1, 0.15) is 11.1 Å². The monoisotopic (exact) mass is 373 g/mol. The van der Waals surface area contributed by atoms with Gasteiger partial charge in [0.05, 0.1) is 0 Å². The molecule has 0 spiro atoms. The van der Waals surface area contributed by atoms with E-state index in [9.17, 15) is 0 Å². The Morgan fingerprint density at radius 1 is 1.10 bits per heavy atom. The van der Waals surface area contributed by atoms with E-state index in [4.69, 9.17) is 27.9 Å². The Hall–Kier alpha value is -0.740. The Labute approximate surface area is 137 Å². The van der Waals surface area contributed by atoms with E-state index in [0.29, 0.717) is 22.4 Å². The molecule has 0 saturated carbocycles. The van der Waals surface area contributed by atoms with Crippen molar-refractivity contribution in [2.45, 2.75) is 13.2 Å². The second-order valence-corrected chi connectivity index (χ2v) is 6.08. The summed E-state index contributed by atoms with van der Waals surface area (Å²) in [6, 6.07) is 11.4. The molecule has 0 aliphatic heterocycles. The molecule has 0 aliphatic carbocycles. The molecular formula is C15H14BrCl2NO. The van der Waals surface area contributed by atoms with Gasteiger partial charge in [0.25, 0.3) is 0 Å². The van der Waals surface area contributed by atoms with E-state index in [1.54, 1.807) is 18.2 Å². The highest BCUT2D eigenvalue weighted by molar-refractivity contribution is 9.10. The SMILES string of the molecule is CNCc1ccc(COc2cc(Cl)cc(Cl)c2)c(Br)c1. The zero-order valence-corrected chi connectivity index (χ0v) is 14.0.